The highest BCUT2D eigenvalue weighted by Crippen LogP contribution is 2.34. The molecular weight excluding hydrogens is 236 g/mol. The first-order valence-corrected chi connectivity index (χ1v) is 6.66. The van der Waals surface area contributed by atoms with Crippen molar-refractivity contribution < 1.29 is 9.47 Å². The lowest BCUT2D eigenvalue weighted by molar-refractivity contribution is 0.0242. The molecule has 2 heteroatoms. The molecule has 19 heavy (non-hydrogen) atoms. The molecule has 98 valence electrons. The molecule has 1 saturated heterocycles. The van der Waals surface area contributed by atoms with Gasteiger partial charge >= 0.3 is 0 Å². The predicted octanol–water partition coefficient (Wildman–Crippen LogP) is 3.44. The molecule has 0 bridgehead atoms. The average molecular weight is 254 g/mol. The van der Waals surface area contributed by atoms with Crippen LogP contribution in [0.4, 0.5) is 0 Å². The standard InChI is InChI=1S/C17H18O2/c1-13-7-5-6-10-16(13)17(19-12-15-11-18-15)14-8-3-2-4-9-14/h2-10,15-17H,1,11-12H2. The summed E-state index contributed by atoms with van der Waals surface area (Å²) in [6.07, 6.45) is 8.59. The predicted molar refractivity (Wildman–Crippen MR) is 75.8 cm³/mol. The minimum Gasteiger partial charge on any atom is -0.371 e. The van der Waals surface area contributed by atoms with E-state index in [0.717, 1.165) is 12.2 Å². The van der Waals surface area contributed by atoms with Crippen LogP contribution in [0.2, 0.25) is 0 Å². The SMILES string of the molecule is C=C1C=CC=CC1C(OCC1CO1)c1ccccc1. The fourth-order valence-corrected chi connectivity index (χ4v) is 2.32. The van der Waals surface area contributed by atoms with Gasteiger partial charge in [0.05, 0.1) is 19.3 Å². The minimum absolute atomic E-state index is 0.0131. The molecule has 0 amide bonds. The monoisotopic (exact) mass is 254 g/mol. The first kappa shape index (κ1) is 12.4. The van der Waals surface area contributed by atoms with E-state index >= 15 is 0 Å². The largest absolute Gasteiger partial charge is 0.371 e. The molecular formula is C17H18O2. The molecule has 1 aromatic carbocycles. The van der Waals surface area contributed by atoms with Gasteiger partial charge in [0.1, 0.15) is 6.10 Å². The highest BCUT2D eigenvalue weighted by Gasteiger charge is 2.29. The van der Waals surface area contributed by atoms with Gasteiger partial charge in [-0.15, -0.1) is 0 Å². The van der Waals surface area contributed by atoms with Crippen LogP contribution in [-0.4, -0.2) is 19.3 Å². The van der Waals surface area contributed by atoms with E-state index in [1.165, 1.54) is 5.56 Å². The molecule has 2 aliphatic rings. The number of hydrogen-bond donors (Lipinski definition) is 0. The Balaban J connectivity index is 1.80. The van der Waals surface area contributed by atoms with E-state index < -0.39 is 0 Å². The Bertz CT molecular complexity index is 497. The van der Waals surface area contributed by atoms with Crippen LogP contribution in [-0.2, 0) is 9.47 Å². The molecule has 1 fully saturated rings. The second-order valence-electron chi connectivity index (χ2n) is 4.96. The van der Waals surface area contributed by atoms with Crippen molar-refractivity contribution in [3.8, 4) is 0 Å². The minimum atomic E-state index is 0.0131. The van der Waals surface area contributed by atoms with Crippen molar-refractivity contribution in [3.63, 3.8) is 0 Å². The van der Waals surface area contributed by atoms with Gasteiger partial charge in [-0.2, -0.15) is 0 Å². The summed E-state index contributed by atoms with van der Waals surface area (Å²) in [5.74, 6) is 0.200. The zero-order valence-electron chi connectivity index (χ0n) is 10.9. The van der Waals surface area contributed by atoms with Crippen LogP contribution >= 0.6 is 0 Å². The highest BCUT2D eigenvalue weighted by atomic mass is 16.6. The van der Waals surface area contributed by atoms with Gasteiger partial charge in [-0.25, -0.2) is 0 Å². The van der Waals surface area contributed by atoms with Crippen LogP contribution < -0.4 is 0 Å². The van der Waals surface area contributed by atoms with Gasteiger partial charge in [-0.05, 0) is 11.1 Å². The van der Waals surface area contributed by atoms with E-state index in [-0.39, 0.29) is 18.1 Å². The highest BCUT2D eigenvalue weighted by molar-refractivity contribution is 5.34. The van der Waals surface area contributed by atoms with Gasteiger partial charge in [0.2, 0.25) is 0 Å². The quantitative estimate of drug-likeness (QED) is 0.751. The van der Waals surface area contributed by atoms with Gasteiger partial charge in [-0.1, -0.05) is 61.2 Å². The molecule has 1 aliphatic carbocycles. The Hall–Kier alpha value is -1.64. The molecule has 1 aliphatic heterocycles. The van der Waals surface area contributed by atoms with Crippen LogP contribution in [0.15, 0.2) is 66.8 Å². The Morgan fingerprint density at radius 1 is 1.26 bits per heavy atom. The fourth-order valence-electron chi connectivity index (χ4n) is 2.32. The van der Waals surface area contributed by atoms with E-state index in [0.29, 0.717) is 6.61 Å². The Kier molecular flexibility index (Phi) is 3.62. The fraction of sp³-hybridized carbons (Fsp3) is 0.294. The summed E-state index contributed by atoms with van der Waals surface area (Å²) in [6.45, 7) is 5.61. The molecule has 2 nitrogen and oxygen atoms in total. The molecule has 0 N–H and O–H groups in total. The van der Waals surface area contributed by atoms with Crippen molar-refractivity contribution in [1.82, 2.24) is 0 Å². The van der Waals surface area contributed by atoms with E-state index in [4.69, 9.17) is 9.47 Å². The second kappa shape index (κ2) is 5.55. The van der Waals surface area contributed by atoms with Crippen molar-refractivity contribution in [1.29, 1.82) is 0 Å². The first-order chi connectivity index (χ1) is 9.34. The molecule has 0 saturated carbocycles. The van der Waals surface area contributed by atoms with E-state index in [1.54, 1.807) is 0 Å². The zero-order valence-corrected chi connectivity index (χ0v) is 10.9. The number of ether oxygens (including phenoxy) is 2. The molecule has 0 aromatic heterocycles. The van der Waals surface area contributed by atoms with E-state index in [2.05, 4.69) is 36.9 Å². The summed E-state index contributed by atoms with van der Waals surface area (Å²) < 4.78 is 11.3. The number of hydrogen-bond acceptors (Lipinski definition) is 2. The normalized spacial score (nSPS) is 26.4. The smallest absolute Gasteiger partial charge is 0.104 e. The van der Waals surface area contributed by atoms with Crippen molar-refractivity contribution in [2.45, 2.75) is 12.2 Å². The maximum Gasteiger partial charge on any atom is 0.104 e. The lowest BCUT2D eigenvalue weighted by Crippen LogP contribution is -2.19. The second-order valence-corrected chi connectivity index (χ2v) is 4.96. The van der Waals surface area contributed by atoms with Crippen molar-refractivity contribution in [2.75, 3.05) is 13.2 Å². The first-order valence-electron chi connectivity index (χ1n) is 6.66. The number of allylic oxidation sites excluding steroid dienone is 3. The third-order valence-electron chi connectivity index (χ3n) is 3.49. The molecule has 0 radical (unpaired) electrons. The summed E-state index contributed by atoms with van der Waals surface area (Å²) in [6, 6.07) is 10.3. The van der Waals surface area contributed by atoms with Crippen LogP contribution in [0.5, 0.6) is 0 Å². The van der Waals surface area contributed by atoms with E-state index in [9.17, 15) is 0 Å². The Morgan fingerprint density at radius 2 is 2.05 bits per heavy atom. The van der Waals surface area contributed by atoms with Gasteiger partial charge in [0.25, 0.3) is 0 Å². The molecule has 3 unspecified atom stereocenters. The van der Waals surface area contributed by atoms with Gasteiger partial charge in [0.15, 0.2) is 0 Å². The molecule has 3 atom stereocenters. The summed E-state index contributed by atoms with van der Waals surface area (Å²) in [7, 11) is 0. The molecule has 1 heterocycles. The third-order valence-corrected chi connectivity index (χ3v) is 3.49. The number of rotatable bonds is 5. The van der Waals surface area contributed by atoms with Crippen LogP contribution in [0.1, 0.15) is 11.7 Å². The lowest BCUT2D eigenvalue weighted by atomic mass is 9.87. The third kappa shape index (κ3) is 3.03. The Morgan fingerprint density at radius 3 is 2.74 bits per heavy atom. The average Bonchev–Trinajstić information content (AvgIpc) is 3.26. The summed E-state index contributed by atoms with van der Waals surface area (Å²) in [4.78, 5) is 0. The topological polar surface area (TPSA) is 21.8 Å². The summed E-state index contributed by atoms with van der Waals surface area (Å²) in [5, 5.41) is 0. The van der Waals surface area contributed by atoms with E-state index in [1.807, 2.05) is 24.3 Å². The Labute approximate surface area is 114 Å². The number of benzene rings is 1. The molecule has 3 rings (SSSR count). The lowest BCUT2D eigenvalue weighted by Gasteiger charge is -2.27. The summed E-state index contributed by atoms with van der Waals surface area (Å²) >= 11 is 0. The van der Waals surface area contributed by atoms with Crippen molar-refractivity contribution >= 4 is 0 Å². The van der Waals surface area contributed by atoms with Crippen LogP contribution in [0.25, 0.3) is 0 Å². The van der Waals surface area contributed by atoms with Gasteiger partial charge in [-0.3, -0.25) is 0 Å². The van der Waals surface area contributed by atoms with Crippen LogP contribution in [0, 0.1) is 5.92 Å². The summed E-state index contributed by atoms with van der Waals surface area (Å²) in [5.41, 5.74) is 2.28. The van der Waals surface area contributed by atoms with Gasteiger partial charge < -0.3 is 9.47 Å². The zero-order chi connectivity index (χ0) is 13.1. The van der Waals surface area contributed by atoms with Crippen LogP contribution in [0.3, 0.4) is 0 Å². The molecule has 1 aromatic rings. The maximum atomic E-state index is 6.09. The molecule has 0 spiro atoms. The number of epoxide rings is 1. The van der Waals surface area contributed by atoms with Gasteiger partial charge in [0, 0.05) is 5.92 Å². The van der Waals surface area contributed by atoms with Crippen molar-refractivity contribution in [3.05, 3.63) is 72.4 Å². The maximum absolute atomic E-state index is 6.09. The van der Waals surface area contributed by atoms with Crippen molar-refractivity contribution in [2.24, 2.45) is 5.92 Å².